The fraction of sp³-hybridized carbons (Fsp3) is 0.480. The van der Waals surface area contributed by atoms with Crippen molar-refractivity contribution in [2.75, 3.05) is 18.0 Å². The monoisotopic (exact) mass is 394 g/mol. The number of carbonyl (C=O) groups is 1. The summed E-state index contributed by atoms with van der Waals surface area (Å²) < 4.78 is 5.91. The fourth-order valence-corrected chi connectivity index (χ4v) is 3.91. The van der Waals surface area contributed by atoms with Crippen LogP contribution in [-0.4, -0.2) is 25.1 Å². The van der Waals surface area contributed by atoms with Crippen molar-refractivity contribution in [3.05, 3.63) is 59.2 Å². The van der Waals surface area contributed by atoms with E-state index in [-0.39, 0.29) is 11.9 Å². The van der Waals surface area contributed by atoms with Crippen LogP contribution in [0.3, 0.4) is 0 Å². The number of hydrogen-bond donors (Lipinski definition) is 1. The Morgan fingerprint density at radius 3 is 2.55 bits per heavy atom. The van der Waals surface area contributed by atoms with Crippen molar-refractivity contribution in [1.82, 2.24) is 5.32 Å². The molecule has 3 atom stereocenters. The highest BCUT2D eigenvalue weighted by molar-refractivity contribution is 5.81. The molecule has 1 heterocycles. The van der Waals surface area contributed by atoms with Crippen LogP contribution in [0.15, 0.2) is 42.5 Å². The van der Waals surface area contributed by atoms with Gasteiger partial charge in [0.15, 0.2) is 6.10 Å². The molecule has 2 aromatic rings. The summed E-state index contributed by atoms with van der Waals surface area (Å²) in [6.45, 7) is 12.4. The number of nitrogens with zero attached hydrogens (tertiary/aromatic N) is 1. The zero-order valence-electron chi connectivity index (χ0n) is 18.4. The van der Waals surface area contributed by atoms with Gasteiger partial charge in [0.2, 0.25) is 0 Å². The second-order valence-electron chi connectivity index (χ2n) is 8.47. The molecular weight excluding hydrogens is 360 g/mol. The molecule has 1 N–H and O–H groups in total. The first-order chi connectivity index (χ1) is 13.8. The summed E-state index contributed by atoms with van der Waals surface area (Å²) in [7, 11) is 0. The Kier molecular flexibility index (Phi) is 6.83. The average Bonchev–Trinajstić information content (AvgIpc) is 2.71. The lowest BCUT2D eigenvalue weighted by Gasteiger charge is -2.33. The van der Waals surface area contributed by atoms with Crippen LogP contribution < -0.4 is 15.0 Å². The van der Waals surface area contributed by atoms with Gasteiger partial charge in [-0.2, -0.15) is 0 Å². The molecule has 0 aromatic heterocycles. The second kappa shape index (κ2) is 9.34. The Morgan fingerprint density at radius 1 is 1.14 bits per heavy atom. The first kappa shape index (κ1) is 21.2. The van der Waals surface area contributed by atoms with Crippen LogP contribution in [0.1, 0.15) is 56.3 Å². The smallest absolute Gasteiger partial charge is 0.261 e. The Labute approximate surface area is 175 Å². The van der Waals surface area contributed by atoms with E-state index in [1.807, 2.05) is 39.0 Å². The normalized spacial score (nSPS) is 18.8. The van der Waals surface area contributed by atoms with E-state index in [4.69, 9.17) is 4.74 Å². The van der Waals surface area contributed by atoms with Crippen LogP contribution >= 0.6 is 0 Å². The van der Waals surface area contributed by atoms with Crippen LogP contribution in [-0.2, 0) is 4.79 Å². The topological polar surface area (TPSA) is 41.6 Å². The highest BCUT2D eigenvalue weighted by atomic mass is 16.5. The summed E-state index contributed by atoms with van der Waals surface area (Å²) in [6.07, 6.45) is 2.03. The molecule has 1 saturated heterocycles. The Hall–Kier alpha value is -2.49. The number of ether oxygens (including phenoxy) is 1. The molecule has 1 amide bonds. The van der Waals surface area contributed by atoms with Crippen molar-refractivity contribution in [1.29, 1.82) is 0 Å². The fourth-order valence-electron chi connectivity index (χ4n) is 3.91. The maximum Gasteiger partial charge on any atom is 0.261 e. The molecule has 3 rings (SSSR count). The standard InChI is InChI=1S/C25H34N2O2/c1-17-8-7-15-27(16-17)23-13-11-22(12-14-23)20(4)26-25(28)21(5)29-24-10-6-9-18(2)19(24)3/h6,9-14,17,20-21H,7-8,15-16H2,1-5H3,(H,26,28)/t17-,20-,21-/m1/s1. The molecule has 0 unspecified atom stereocenters. The number of nitrogens with one attached hydrogen (secondary N) is 1. The molecule has 4 nitrogen and oxygen atoms in total. The predicted octanol–water partition coefficient (Wildman–Crippen LogP) is 5.18. The van der Waals surface area contributed by atoms with Crippen molar-refractivity contribution in [3.63, 3.8) is 0 Å². The van der Waals surface area contributed by atoms with Crippen LogP contribution in [0.2, 0.25) is 0 Å². The first-order valence-electron chi connectivity index (χ1n) is 10.7. The van der Waals surface area contributed by atoms with Gasteiger partial charge in [0.05, 0.1) is 6.04 Å². The lowest BCUT2D eigenvalue weighted by Crippen LogP contribution is -2.38. The summed E-state index contributed by atoms with van der Waals surface area (Å²) in [6, 6.07) is 14.4. The Bertz CT molecular complexity index is 831. The maximum atomic E-state index is 12.6. The van der Waals surface area contributed by atoms with Gasteiger partial charge in [0.25, 0.3) is 5.91 Å². The molecule has 0 radical (unpaired) electrons. The van der Waals surface area contributed by atoms with Crippen LogP contribution in [0.5, 0.6) is 5.75 Å². The molecule has 0 saturated carbocycles. The van der Waals surface area contributed by atoms with Crippen LogP contribution in [0, 0.1) is 19.8 Å². The third-order valence-corrected chi connectivity index (χ3v) is 6.00. The van der Waals surface area contributed by atoms with Crippen molar-refractivity contribution in [3.8, 4) is 5.75 Å². The van der Waals surface area contributed by atoms with Gasteiger partial charge in [0, 0.05) is 18.8 Å². The summed E-state index contributed by atoms with van der Waals surface area (Å²) in [5.74, 6) is 1.41. The van der Waals surface area contributed by atoms with E-state index in [0.717, 1.165) is 41.4 Å². The third-order valence-electron chi connectivity index (χ3n) is 6.00. The number of piperidine rings is 1. The molecular formula is C25H34N2O2. The lowest BCUT2D eigenvalue weighted by molar-refractivity contribution is -0.127. The number of carbonyl (C=O) groups excluding carboxylic acids is 1. The number of benzene rings is 2. The quantitative estimate of drug-likeness (QED) is 0.733. The van der Waals surface area contributed by atoms with E-state index in [1.165, 1.54) is 18.5 Å². The van der Waals surface area contributed by atoms with Gasteiger partial charge in [-0.05, 0) is 81.3 Å². The zero-order chi connectivity index (χ0) is 21.0. The molecule has 0 bridgehead atoms. The number of amides is 1. The summed E-state index contributed by atoms with van der Waals surface area (Å²) >= 11 is 0. The maximum absolute atomic E-state index is 12.6. The van der Waals surface area contributed by atoms with E-state index in [1.54, 1.807) is 6.92 Å². The van der Waals surface area contributed by atoms with Crippen LogP contribution in [0.25, 0.3) is 0 Å². The molecule has 1 aliphatic rings. The third kappa shape index (κ3) is 5.31. The highest BCUT2D eigenvalue weighted by Gasteiger charge is 2.20. The number of anilines is 1. The minimum Gasteiger partial charge on any atom is -0.481 e. The summed E-state index contributed by atoms with van der Waals surface area (Å²) in [4.78, 5) is 15.1. The van der Waals surface area contributed by atoms with Gasteiger partial charge in [-0.3, -0.25) is 4.79 Å². The Morgan fingerprint density at radius 2 is 1.86 bits per heavy atom. The van der Waals surface area contributed by atoms with E-state index >= 15 is 0 Å². The van der Waals surface area contributed by atoms with E-state index in [9.17, 15) is 4.79 Å². The molecule has 4 heteroatoms. The molecule has 1 fully saturated rings. The lowest BCUT2D eigenvalue weighted by atomic mass is 9.99. The van der Waals surface area contributed by atoms with Crippen molar-refractivity contribution in [2.24, 2.45) is 5.92 Å². The first-order valence-corrected chi connectivity index (χ1v) is 10.7. The van der Waals surface area contributed by atoms with Crippen LogP contribution in [0.4, 0.5) is 5.69 Å². The van der Waals surface area contributed by atoms with E-state index < -0.39 is 6.10 Å². The van der Waals surface area contributed by atoms with Gasteiger partial charge in [0.1, 0.15) is 5.75 Å². The minimum absolute atomic E-state index is 0.0681. The van der Waals surface area contributed by atoms with Crippen molar-refractivity contribution >= 4 is 11.6 Å². The number of rotatable bonds is 6. The SMILES string of the molecule is Cc1cccc(O[C@H](C)C(=O)N[C@H](C)c2ccc(N3CCC[C@@H](C)C3)cc2)c1C. The van der Waals surface area contributed by atoms with Gasteiger partial charge < -0.3 is 15.0 Å². The zero-order valence-corrected chi connectivity index (χ0v) is 18.4. The molecule has 0 spiro atoms. The largest absolute Gasteiger partial charge is 0.481 e. The molecule has 29 heavy (non-hydrogen) atoms. The van der Waals surface area contributed by atoms with Gasteiger partial charge >= 0.3 is 0 Å². The molecule has 0 aliphatic carbocycles. The highest BCUT2D eigenvalue weighted by Crippen LogP contribution is 2.25. The van der Waals surface area contributed by atoms with E-state index in [2.05, 4.69) is 41.4 Å². The second-order valence-corrected chi connectivity index (χ2v) is 8.47. The molecule has 1 aliphatic heterocycles. The van der Waals surface area contributed by atoms with Gasteiger partial charge in [-0.15, -0.1) is 0 Å². The number of hydrogen-bond acceptors (Lipinski definition) is 3. The van der Waals surface area contributed by atoms with Gasteiger partial charge in [-0.1, -0.05) is 31.2 Å². The predicted molar refractivity (Wildman–Crippen MR) is 120 cm³/mol. The summed E-state index contributed by atoms with van der Waals surface area (Å²) in [5.41, 5.74) is 4.60. The average molecular weight is 395 g/mol. The molecule has 156 valence electrons. The Balaban J connectivity index is 1.58. The summed E-state index contributed by atoms with van der Waals surface area (Å²) in [5, 5.41) is 3.08. The van der Waals surface area contributed by atoms with E-state index in [0.29, 0.717) is 0 Å². The van der Waals surface area contributed by atoms with Crippen molar-refractivity contribution < 1.29 is 9.53 Å². The van der Waals surface area contributed by atoms with Gasteiger partial charge in [-0.25, -0.2) is 0 Å². The molecule has 2 aromatic carbocycles. The number of aryl methyl sites for hydroxylation is 1. The minimum atomic E-state index is -0.549. The van der Waals surface area contributed by atoms with Crippen molar-refractivity contribution in [2.45, 2.75) is 59.6 Å².